The predicted octanol–water partition coefficient (Wildman–Crippen LogP) is 1.34. The maximum absolute atomic E-state index is 12.5. The van der Waals surface area contributed by atoms with Crippen molar-refractivity contribution < 1.29 is 19.4 Å². The summed E-state index contributed by atoms with van der Waals surface area (Å²) >= 11 is 0. The molecule has 0 aromatic rings. The third-order valence-electron chi connectivity index (χ3n) is 5.31. The number of amides is 1. The second kappa shape index (κ2) is 5.86. The Kier molecular flexibility index (Phi) is 4.26. The van der Waals surface area contributed by atoms with Crippen molar-refractivity contribution >= 4 is 5.91 Å². The fraction of sp³-hybridized carbons (Fsp3) is 0.938. The summed E-state index contributed by atoms with van der Waals surface area (Å²) in [4.78, 5) is 14.5. The first-order valence-electron chi connectivity index (χ1n) is 8.23. The van der Waals surface area contributed by atoms with Crippen LogP contribution in [0.15, 0.2) is 0 Å². The Balaban J connectivity index is 1.56. The lowest BCUT2D eigenvalue weighted by atomic mass is 9.77. The van der Waals surface area contributed by atoms with Gasteiger partial charge in [0.2, 0.25) is 5.91 Å². The van der Waals surface area contributed by atoms with Crippen LogP contribution in [0.2, 0.25) is 0 Å². The zero-order chi connectivity index (χ0) is 14.9. The van der Waals surface area contributed by atoms with Crippen LogP contribution in [0.1, 0.15) is 45.4 Å². The molecule has 3 heterocycles. The van der Waals surface area contributed by atoms with Gasteiger partial charge in [0.25, 0.3) is 0 Å². The van der Waals surface area contributed by atoms with Gasteiger partial charge in [0, 0.05) is 38.6 Å². The van der Waals surface area contributed by atoms with Crippen molar-refractivity contribution in [1.29, 1.82) is 0 Å². The van der Waals surface area contributed by atoms with E-state index < -0.39 is 5.60 Å². The molecular formula is C16H27NO4. The number of hydrogen-bond acceptors (Lipinski definition) is 4. The van der Waals surface area contributed by atoms with Crippen LogP contribution in [-0.2, 0) is 14.3 Å². The van der Waals surface area contributed by atoms with Gasteiger partial charge in [-0.25, -0.2) is 0 Å². The fourth-order valence-electron chi connectivity index (χ4n) is 3.98. The van der Waals surface area contributed by atoms with Crippen molar-refractivity contribution in [3.05, 3.63) is 0 Å². The fourth-order valence-corrected chi connectivity index (χ4v) is 3.98. The highest BCUT2D eigenvalue weighted by Crippen LogP contribution is 2.39. The molecule has 21 heavy (non-hydrogen) atoms. The Labute approximate surface area is 126 Å². The van der Waals surface area contributed by atoms with E-state index in [-0.39, 0.29) is 17.4 Å². The van der Waals surface area contributed by atoms with Crippen LogP contribution >= 0.6 is 0 Å². The van der Waals surface area contributed by atoms with Gasteiger partial charge in [0.05, 0.1) is 17.8 Å². The van der Waals surface area contributed by atoms with Crippen LogP contribution in [0.4, 0.5) is 0 Å². The van der Waals surface area contributed by atoms with Crippen molar-refractivity contribution in [2.75, 3.05) is 32.9 Å². The average Bonchev–Trinajstić information content (AvgIpc) is 2.47. The number of nitrogens with zero attached hydrogens (tertiary/aromatic N) is 1. The van der Waals surface area contributed by atoms with Gasteiger partial charge in [0.15, 0.2) is 0 Å². The predicted molar refractivity (Wildman–Crippen MR) is 77.9 cm³/mol. The molecule has 0 radical (unpaired) electrons. The maximum atomic E-state index is 12.5. The van der Waals surface area contributed by atoms with Gasteiger partial charge in [0.1, 0.15) is 0 Å². The summed E-state index contributed by atoms with van der Waals surface area (Å²) in [6.45, 7) is 5.45. The second-order valence-corrected chi connectivity index (χ2v) is 7.17. The molecule has 5 nitrogen and oxygen atoms in total. The van der Waals surface area contributed by atoms with Crippen LogP contribution in [-0.4, -0.2) is 60.0 Å². The highest BCUT2D eigenvalue weighted by Gasteiger charge is 2.45. The molecule has 0 saturated carbocycles. The molecule has 3 aliphatic heterocycles. The Hall–Kier alpha value is -0.650. The molecule has 0 aromatic heterocycles. The number of hydrogen-bond donors (Lipinski definition) is 1. The van der Waals surface area contributed by atoms with Crippen LogP contribution < -0.4 is 0 Å². The third-order valence-corrected chi connectivity index (χ3v) is 5.31. The van der Waals surface area contributed by atoms with Crippen LogP contribution in [0.3, 0.4) is 0 Å². The first kappa shape index (κ1) is 15.3. The van der Waals surface area contributed by atoms with E-state index in [2.05, 4.69) is 0 Å². The molecule has 1 N–H and O–H groups in total. The molecule has 1 amide bonds. The molecule has 1 unspecified atom stereocenters. The minimum Gasteiger partial charge on any atom is -0.390 e. The number of likely N-dealkylation sites (tertiary alicyclic amines) is 1. The monoisotopic (exact) mass is 297 g/mol. The lowest BCUT2D eigenvalue weighted by Gasteiger charge is -2.48. The summed E-state index contributed by atoms with van der Waals surface area (Å²) < 4.78 is 11.3. The van der Waals surface area contributed by atoms with Gasteiger partial charge in [-0.1, -0.05) is 0 Å². The van der Waals surface area contributed by atoms with Crippen molar-refractivity contribution in [2.45, 2.75) is 56.7 Å². The topological polar surface area (TPSA) is 59.0 Å². The number of ether oxygens (including phenoxy) is 2. The molecule has 1 atom stereocenters. The largest absolute Gasteiger partial charge is 0.390 e. The molecule has 120 valence electrons. The first-order chi connectivity index (χ1) is 10.00. The van der Waals surface area contributed by atoms with Crippen molar-refractivity contribution in [1.82, 2.24) is 4.90 Å². The van der Waals surface area contributed by atoms with Gasteiger partial charge in [-0.3, -0.25) is 4.79 Å². The highest BCUT2D eigenvalue weighted by atomic mass is 16.5. The molecule has 0 aromatic carbocycles. The van der Waals surface area contributed by atoms with Crippen molar-refractivity contribution in [2.24, 2.45) is 5.92 Å². The summed E-state index contributed by atoms with van der Waals surface area (Å²) in [5.41, 5.74) is -0.834. The zero-order valence-electron chi connectivity index (χ0n) is 13.0. The van der Waals surface area contributed by atoms with E-state index in [9.17, 15) is 9.90 Å². The third kappa shape index (κ3) is 3.41. The summed E-state index contributed by atoms with van der Waals surface area (Å²) in [6, 6.07) is 0. The maximum Gasteiger partial charge on any atom is 0.225 e. The quantitative estimate of drug-likeness (QED) is 0.793. The van der Waals surface area contributed by atoms with Gasteiger partial charge in [-0.05, 0) is 39.0 Å². The highest BCUT2D eigenvalue weighted by molar-refractivity contribution is 5.79. The second-order valence-electron chi connectivity index (χ2n) is 7.17. The lowest BCUT2D eigenvalue weighted by Crippen LogP contribution is -2.55. The Morgan fingerprint density at radius 1 is 1.14 bits per heavy atom. The van der Waals surface area contributed by atoms with Crippen LogP contribution in [0.25, 0.3) is 0 Å². The van der Waals surface area contributed by atoms with Gasteiger partial charge in [-0.2, -0.15) is 0 Å². The summed E-state index contributed by atoms with van der Waals surface area (Å²) in [6.07, 6.45) is 4.80. The molecule has 0 aliphatic carbocycles. The SMILES string of the molecule is CC1(O)CCOC2(CCN(C(=O)C3CCOCC3)CC2)C1. The summed E-state index contributed by atoms with van der Waals surface area (Å²) in [5, 5.41) is 10.3. The molecule has 3 saturated heterocycles. The van der Waals surface area contributed by atoms with Crippen LogP contribution in [0, 0.1) is 5.92 Å². The molecule has 5 heteroatoms. The minimum atomic E-state index is -0.620. The molecule has 1 spiro atoms. The molecule has 0 bridgehead atoms. The van der Waals surface area contributed by atoms with E-state index in [1.165, 1.54) is 0 Å². The molecule has 3 rings (SSSR count). The molecule has 3 fully saturated rings. The van der Waals surface area contributed by atoms with E-state index in [1.54, 1.807) is 0 Å². The Bertz CT molecular complexity index is 382. The normalized spacial score (nSPS) is 34.1. The van der Waals surface area contributed by atoms with E-state index >= 15 is 0 Å². The Morgan fingerprint density at radius 2 is 1.81 bits per heavy atom. The number of piperidine rings is 1. The zero-order valence-corrected chi connectivity index (χ0v) is 13.0. The number of carbonyl (C=O) groups is 1. The first-order valence-corrected chi connectivity index (χ1v) is 8.23. The van der Waals surface area contributed by atoms with Gasteiger partial charge >= 0.3 is 0 Å². The van der Waals surface area contributed by atoms with Crippen LogP contribution in [0.5, 0.6) is 0 Å². The molecular weight excluding hydrogens is 270 g/mol. The molecule has 3 aliphatic rings. The van der Waals surface area contributed by atoms with E-state index in [0.717, 1.165) is 38.8 Å². The van der Waals surface area contributed by atoms with E-state index in [0.29, 0.717) is 32.7 Å². The van der Waals surface area contributed by atoms with Gasteiger partial charge in [-0.15, -0.1) is 0 Å². The van der Waals surface area contributed by atoms with Crippen molar-refractivity contribution in [3.63, 3.8) is 0 Å². The van der Waals surface area contributed by atoms with Crippen molar-refractivity contribution in [3.8, 4) is 0 Å². The van der Waals surface area contributed by atoms with Gasteiger partial charge < -0.3 is 19.5 Å². The standard InChI is InChI=1S/C16H27NO4/c1-15(19)6-11-21-16(12-15)4-7-17(8-5-16)14(18)13-2-9-20-10-3-13/h13,19H,2-12H2,1H3. The summed E-state index contributed by atoms with van der Waals surface area (Å²) in [7, 11) is 0. The van der Waals surface area contributed by atoms with E-state index in [4.69, 9.17) is 9.47 Å². The van der Waals surface area contributed by atoms with E-state index in [1.807, 2.05) is 11.8 Å². The number of carbonyl (C=O) groups excluding carboxylic acids is 1. The lowest BCUT2D eigenvalue weighted by molar-refractivity contribution is -0.177. The smallest absolute Gasteiger partial charge is 0.225 e. The number of rotatable bonds is 1. The Morgan fingerprint density at radius 3 is 2.43 bits per heavy atom. The minimum absolute atomic E-state index is 0.142. The summed E-state index contributed by atoms with van der Waals surface area (Å²) in [5.74, 6) is 0.430. The average molecular weight is 297 g/mol. The number of aliphatic hydroxyl groups is 1.